The summed E-state index contributed by atoms with van der Waals surface area (Å²) in [5.41, 5.74) is 11.6. The number of amides is 1. The van der Waals surface area contributed by atoms with Crippen molar-refractivity contribution in [2.24, 2.45) is 5.73 Å². The third kappa shape index (κ3) is 3.81. The Balaban J connectivity index is 2.84. The Bertz CT molecular complexity index is 969. The minimum Gasteiger partial charge on any atom is -0.502 e. The fourth-order valence-electron chi connectivity index (χ4n) is 2.37. The van der Waals surface area contributed by atoms with Crippen LogP contribution in [0.2, 0.25) is 0 Å². The number of carbonyl (C=O) groups is 1. The Hall–Kier alpha value is -3.63. The van der Waals surface area contributed by atoms with E-state index in [2.05, 4.69) is 4.98 Å². The van der Waals surface area contributed by atoms with Crippen LogP contribution in [0.5, 0.6) is 17.2 Å². The summed E-state index contributed by atoms with van der Waals surface area (Å²) in [6.45, 7) is 0. The highest BCUT2D eigenvalue weighted by atomic mass is 32.2. The molecule has 10 heteroatoms. The fraction of sp³-hybridized carbons (Fsp3) is 0.176. The van der Waals surface area contributed by atoms with E-state index in [0.717, 1.165) is 11.8 Å². The number of phenols is 1. The first-order valence-corrected chi connectivity index (χ1v) is 8.36. The maximum atomic E-state index is 11.1. The number of nitrogen functional groups attached to an aromatic ring is 1. The lowest BCUT2D eigenvalue weighted by molar-refractivity contribution is -0.115. The summed E-state index contributed by atoms with van der Waals surface area (Å²) in [5.74, 6) is -0.884. The largest absolute Gasteiger partial charge is 0.502 e. The van der Waals surface area contributed by atoms with Gasteiger partial charge >= 0.3 is 0 Å². The van der Waals surface area contributed by atoms with Crippen LogP contribution < -0.4 is 20.9 Å². The molecule has 5 N–H and O–H groups in total. The number of primary amides is 1. The van der Waals surface area contributed by atoms with Crippen LogP contribution in [0.4, 0.5) is 5.82 Å². The maximum Gasteiger partial charge on any atom is 0.227 e. The minimum absolute atomic E-state index is 0.0234. The number of pyridine rings is 1. The van der Waals surface area contributed by atoms with E-state index >= 15 is 0 Å². The number of aromatic nitrogens is 1. The quantitative estimate of drug-likeness (QED) is 0.622. The number of hydrogen-bond acceptors (Lipinski definition) is 9. The first-order valence-electron chi connectivity index (χ1n) is 7.38. The van der Waals surface area contributed by atoms with Gasteiger partial charge in [-0.25, -0.2) is 4.98 Å². The third-order valence-corrected chi connectivity index (χ3v) is 4.53. The molecule has 0 spiro atoms. The summed E-state index contributed by atoms with van der Waals surface area (Å²) in [6.07, 6.45) is 0. The molecule has 27 heavy (non-hydrogen) atoms. The molecule has 1 aromatic carbocycles. The molecule has 0 saturated heterocycles. The first-order chi connectivity index (χ1) is 12.9. The SMILES string of the molecule is COc1cc(-c2c(C#N)c(N)nc(SCC(N)=O)c2C#N)cc(OC)c1O. The number of benzene rings is 1. The van der Waals surface area contributed by atoms with Gasteiger partial charge in [-0.3, -0.25) is 4.79 Å². The average Bonchev–Trinajstić information content (AvgIpc) is 2.65. The summed E-state index contributed by atoms with van der Waals surface area (Å²) >= 11 is 0.936. The van der Waals surface area contributed by atoms with Crippen LogP contribution in [0.15, 0.2) is 17.2 Å². The Labute approximate surface area is 159 Å². The van der Waals surface area contributed by atoms with Crippen molar-refractivity contribution >= 4 is 23.5 Å². The number of nitrogens with two attached hydrogens (primary N) is 2. The van der Waals surface area contributed by atoms with Crippen molar-refractivity contribution < 1.29 is 19.4 Å². The van der Waals surface area contributed by atoms with E-state index < -0.39 is 5.91 Å². The van der Waals surface area contributed by atoms with E-state index in [1.807, 2.05) is 12.1 Å². The Kier molecular flexibility index (Phi) is 5.96. The lowest BCUT2D eigenvalue weighted by Gasteiger charge is -2.15. The van der Waals surface area contributed by atoms with E-state index in [4.69, 9.17) is 20.9 Å². The average molecular weight is 385 g/mol. The van der Waals surface area contributed by atoms with Gasteiger partial charge in [0, 0.05) is 5.56 Å². The third-order valence-electron chi connectivity index (χ3n) is 3.54. The van der Waals surface area contributed by atoms with E-state index in [1.54, 1.807) is 0 Å². The molecule has 0 aliphatic heterocycles. The second-order valence-corrected chi connectivity index (χ2v) is 6.10. The van der Waals surface area contributed by atoms with Crippen molar-refractivity contribution in [3.8, 4) is 40.5 Å². The molecule has 0 unspecified atom stereocenters. The van der Waals surface area contributed by atoms with Crippen molar-refractivity contribution in [1.29, 1.82) is 10.5 Å². The van der Waals surface area contributed by atoms with Crippen molar-refractivity contribution in [2.45, 2.75) is 5.03 Å². The summed E-state index contributed by atoms with van der Waals surface area (Å²) in [6, 6.07) is 6.81. The highest BCUT2D eigenvalue weighted by Gasteiger charge is 2.23. The molecule has 0 aliphatic carbocycles. The van der Waals surface area contributed by atoms with Crippen molar-refractivity contribution in [3.63, 3.8) is 0 Å². The first kappa shape index (κ1) is 19.7. The molecule has 9 nitrogen and oxygen atoms in total. The van der Waals surface area contributed by atoms with Crippen molar-refractivity contribution in [1.82, 2.24) is 4.98 Å². The molecular weight excluding hydrogens is 370 g/mol. The maximum absolute atomic E-state index is 11.1. The van der Waals surface area contributed by atoms with E-state index in [0.29, 0.717) is 5.56 Å². The van der Waals surface area contributed by atoms with Crippen LogP contribution >= 0.6 is 11.8 Å². The molecule has 1 heterocycles. The Morgan fingerprint density at radius 1 is 1.22 bits per heavy atom. The van der Waals surface area contributed by atoms with Gasteiger partial charge < -0.3 is 26.0 Å². The molecule has 2 rings (SSSR count). The number of carbonyl (C=O) groups excluding carboxylic acids is 1. The van der Waals surface area contributed by atoms with Gasteiger partial charge in [-0.05, 0) is 17.7 Å². The van der Waals surface area contributed by atoms with E-state index in [-0.39, 0.29) is 50.5 Å². The summed E-state index contributed by atoms with van der Waals surface area (Å²) in [5, 5.41) is 29.4. The van der Waals surface area contributed by atoms with E-state index in [1.165, 1.54) is 26.4 Å². The molecule has 2 aromatic rings. The fourth-order valence-corrected chi connectivity index (χ4v) is 3.10. The zero-order valence-corrected chi connectivity index (χ0v) is 15.3. The number of hydrogen-bond donors (Lipinski definition) is 3. The zero-order valence-electron chi connectivity index (χ0n) is 14.4. The smallest absolute Gasteiger partial charge is 0.227 e. The highest BCUT2D eigenvalue weighted by Crippen LogP contribution is 2.43. The monoisotopic (exact) mass is 385 g/mol. The van der Waals surface area contributed by atoms with Crippen molar-refractivity contribution in [3.05, 3.63) is 23.3 Å². The molecule has 138 valence electrons. The van der Waals surface area contributed by atoms with Crippen LogP contribution in [0.25, 0.3) is 11.1 Å². The van der Waals surface area contributed by atoms with Gasteiger partial charge in [-0.15, -0.1) is 0 Å². The molecule has 0 fully saturated rings. The Morgan fingerprint density at radius 2 is 1.78 bits per heavy atom. The number of nitriles is 2. The van der Waals surface area contributed by atoms with Gasteiger partial charge in [0.25, 0.3) is 0 Å². The van der Waals surface area contributed by atoms with Gasteiger partial charge in [0.1, 0.15) is 28.5 Å². The second kappa shape index (κ2) is 8.17. The van der Waals surface area contributed by atoms with Crippen LogP contribution in [-0.2, 0) is 4.79 Å². The number of thioether (sulfide) groups is 1. The molecule has 0 saturated carbocycles. The predicted molar refractivity (Wildman–Crippen MR) is 98.2 cm³/mol. The molecule has 0 atom stereocenters. The number of phenolic OH excluding ortho intramolecular Hbond substituents is 1. The minimum atomic E-state index is -0.594. The number of nitrogens with zero attached hydrogens (tertiary/aromatic N) is 3. The molecule has 1 aromatic heterocycles. The van der Waals surface area contributed by atoms with Crippen LogP contribution in [0.1, 0.15) is 11.1 Å². The number of anilines is 1. The predicted octanol–water partition coefficient (Wildman–Crippen LogP) is 1.37. The van der Waals surface area contributed by atoms with Gasteiger partial charge in [-0.2, -0.15) is 10.5 Å². The second-order valence-electron chi connectivity index (χ2n) is 5.14. The number of aromatic hydroxyl groups is 1. The Morgan fingerprint density at radius 3 is 2.22 bits per heavy atom. The zero-order chi connectivity index (χ0) is 20.1. The standard InChI is InChI=1S/C17H15N5O4S/c1-25-11-3-8(4-12(26-2)15(11)24)14-9(5-18)16(21)22-17(10(14)6-19)27-7-13(20)23/h3-4,24H,7H2,1-2H3,(H2,20,23)(H2,21,22). The number of methoxy groups -OCH3 is 2. The van der Waals surface area contributed by atoms with Crippen molar-refractivity contribution in [2.75, 3.05) is 25.7 Å². The molecule has 1 amide bonds. The number of ether oxygens (including phenoxy) is 2. The summed E-state index contributed by atoms with van der Waals surface area (Å²) in [4.78, 5) is 15.1. The lowest BCUT2D eigenvalue weighted by atomic mass is 9.96. The van der Waals surface area contributed by atoms with Gasteiger partial charge in [-0.1, -0.05) is 11.8 Å². The van der Waals surface area contributed by atoms with Crippen LogP contribution in [0, 0.1) is 22.7 Å². The van der Waals surface area contributed by atoms with Gasteiger partial charge in [0.15, 0.2) is 11.5 Å². The van der Waals surface area contributed by atoms with E-state index in [9.17, 15) is 20.4 Å². The lowest BCUT2D eigenvalue weighted by Crippen LogP contribution is -2.14. The van der Waals surface area contributed by atoms with Gasteiger partial charge in [0.05, 0.1) is 25.5 Å². The van der Waals surface area contributed by atoms with Crippen LogP contribution in [-0.4, -0.2) is 36.0 Å². The normalized spacial score (nSPS) is 9.93. The topological polar surface area (TPSA) is 168 Å². The highest BCUT2D eigenvalue weighted by molar-refractivity contribution is 8.00. The van der Waals surface area contributed by atoms with Gasteiger partial charge in [0.2, 0.25) is 11.7 Å². The molecule has 0 radical (unpaired) electrons. The van der Waals surface area contributed by atoms with Crippen LogP contribution in [0.3, 0.4) is 0 Å². The summed E-state index contributed by atoms with van der Waals surface area (Å²) in [7, 11) is 2.70. The molecule has 0 bridgehead atoms. The summed E-state index contributed by atoms with van der Waals surface area (Å²) < 4.78 is 10.3. The molecular formula is C17H15N5O4S. The molecule has 0 aliphatic rings. The number of rotatable bonds is 6.